The Labute approximate surface area is 149 Å². The minimum atomic E-state index is -4.56. The highest BCUT2D eigenvalue weighted by Crippen LogP contribution is 2.32. The van der Waals surface area contributed by atoms with E-state index in [0.29, 0.717) is 12.2 Å². The highest BCUT2D eigenvalue weighted by Gasteiger charge is 2.34. The van der Waals surface area contributed by atoms with Crippen LogP contribution < -0.4 is 5.32 Å². The Bertz CT molecular complexity index is 756. The average Bonchev–Trinajstić information content (AvgIpc) is 2.63. The molecule has 0 amide bonds. The highest BCUT2D eigenvalue weighted by molar-refractivity contribution is 5.98. The van der Waals surface area contributed by atoms with Crippen molar-refractivity contribution < 1.29 is 18.0 Å². The zero-order chi connectivity index (χ0) is 18.6. The predicted molar refractivity (Wildman–Crippen MR) is 89.7 cm³/mol. The number of carbonyl (C=O) groups is 1. The van der Waals surface area contributed by atoms with Gasteiger partial charge in [-0.3, -0.25) is 9.69 Å². The molecule has 0 saturated carbocycles. The highest BCUT2D eigenvalue weighted by atomic mass is 19.4. The lowest BCUT2D eigenvalue weighted by Gasteiger charge is -2.26. The number of aromatic nitrogens is 2. The monoisotopic (exact) mass is 364 g/mol. The number of nitrogens with zero attached hydrogens (tertiary/aromatic N) is 3. The maximum absolute atomic E-state index is 13.0. The molecule has 0 radical (unpaired) electrons. The summed E-state index contributed by atoms with van der Waals surface area (Å²) >= 11 is 0. The van der Waals surface area contributed by atoms with Crippen molar-refractivity contribution in [3.05, 3.63) is 58.9 Å². The zero-order valence-electron chi connectivity index (χ0n) is 14.1. The van der Waals surface area contributed by atoms with E-state index in [2.05, 4.69) is 20.4 Å². The summed E-state index contributed by atoms with van der Waals surface area (Å²) in [4.78, 5) is 14.5. The quantitative estimate of drug-likeness (QED) is 0.826. The molecule has 3 rings (SSSR count). The second-order valence-electron chi connectivity index (χ2n) is 6.19. The lowest BCUT2D eigenvalue weighted by molar-refractivity contribution is -0.137. The Kier molecular flexibility index (Phi) is 5.63. The Morgan fingerprint density at radius 3 is 2.35 bits per heavy atom. The lowest BCUT2D eigenvalue weighted by atomic mass is 10.00. The third-order valence-electron chi connectivity index (χ3n) is 4.24. The second-order valence-corrected chi connectivity index (χ2v) is 6.19. The van der Waals surface area contributed by atoms with Crippen molar-refractivity contribution in [1.29, 1.82) is 0 Å². The summed E-state index contributed by atoms with van der Waals surface area (Å²) in [7, 11) is 0. The topological polar surface area (TPSA) is 58.1 Å². The molecule has 26 heavy (non-hydrogen) atoms. The van der Waals surface area contributed by atoms with Crippen LogP contribution in [0.5, 0.6) is 0 Å². The number of hydrogen-bond acceptors (Lipinski definition) is 5. The zero-order valence-corrected chi connectivity index (χ0v) is 14.1. The molecule has 0 bridgehead atoms. The van der Waals surface area contributed by atoms with Crippen LogP contribution >= 0.6 is 0 Å². The van der Waals surface area contributed by atoms with Crippen LogP contribution in [0, 0.1) is 0 Å². The van der Waals surface area contributed by atoms with Crippen LogP contribution in [0.15, 0.2) is 36.4 Å². The van der Waals surface area contributed by atoms with Gasteiger partial charge in [0.25, 0.3) is 0 Å². The number of Topliss-reactive ketones (excluding diaryl/α,β-unsaturated/α-hetero) is 1. The summed E-state index contributed by atoms with van der Waals surface area (Å²) in [5.41, 5.74) is -0.130. The first-order valence-corrected chi connectivity index (χ1v) is 8.37. The van der Waals surface area contributed by atoms with Crippen LogP contribution in [0.1, 0.15) is 27.3 Å². The number of nitrogens with one attached hydrogen (secondary N) is 1. The molecule has 2 heterocycles. The van der Waals surface area contributed by atoms with E-state index in [9.17, 15) is 18.0 Å². The number of halogens is 3. The number of benzene rings is 1. The molecule has 1 aliphatic heterocycles. The molecule has 1 aromatic heterocycles. The summed E-state index contributed by atoms with van der Waals surface area (Å²) in [6.45, 7) is 4.38. The predicted octanol–water partition coefficient (Wildman–Crippen LogP) is 2.33. The Morgan fingerprint density at radius 1 is 1.04 bits per heavy atom. The van der Waals surface area contributed by atoms with E-state index in [1.165, 1.54) is 18.2 Å². The fraction of sp³-hybridized carbons (Fsp3) is 0.389. The van der Waals surface area contributed by atoms with Gasteiger partial charge in [-0.15, -0.1) is 0 Å². The van der Waals surface area contributed by atoms with E-state index in [1.807, 2.05) is 0 Å². The Balaban J connectivity index is 1.67. The van der Waals surface area contributed by atoms with Crippen LogP contribution in [0.25, 0.3) is 0 Å². The van der Waals surface area contributed by atoms with Gasteiger partial charge in [-0.1, -0.05) is 18.2 Å². The first kappa shape index (κ1) is 18.5. The van der Waals surface area contributed by atoms with E-state index >= 15 is 0 Å². The number of rotatable bonds is 5. The van der Waals surface area contributed by atoms with Crippen molar-refractivity contribution in [3.63, 3.8) is 0 Å². The van der Waals surface area contributed by atoms with Crippen LogP contribution in [-0.2, 0) is 19.1 Å². The van der Waals surface area contributed by atoms with Gasteiger partial charge >= 0.3 is 6.18 Å². The van der Waals surface area contributed by atoms with Gasteiger partial charge in [0.2, 0.25) is 0 Å². The third-order valence-corrected chi connectivity index (χ3v) is 4.24. The lowest BCUT2D eigenvalue weighted by Crippen LogP contribution is -2.43. The first-order valence-electron chi connectivity index (χ1n) is 8.37. The van der Waals surface area contributed by atoms with E-state index in [-0.39, 0.29) is 12.0 Å². The summed E-state index contributed by atoms with van der Waals surface area (Å²) in [6, 6.07) is 8.22. The third kappa shape index (κ3) is 4.64. The van der Waals surface area contributed by atoms with Gasteiger partial charge in [-0.25, -0.2) is 0 Å². The minimum absolute atomic E-state index is 0.214. The molecule has 5 nitrogen and oxygen atoms in total. The van der Waals surface area contributed by atoms with E-state index in [0.717, 1.165) is 37.9 Å². The minimum Gasteiger partial charge on any atom is -0.314 e. The number of carbonyl (C=O) groups excluding carboxylic acids is 1. The molecule has 1 fully saturated rings. The number of piperazine rings is 1. The number of hydrogen-bond donors (Lipinski definition) is 1. The van der Waals surface area contributed by atoms with Crippen LogP contribution in [0.2, 0.25) is 0 Å². The average molecular weight is 364 g/mol. The van der Waals surface area contributed by atoms with Gasteiger partial charge < -0.3 is 5.32 Å². The van der Waals surface area contributed by atoms with Crippen molar-refractivity contribution in [2.24, 2.45) is 0 Å². The van der Waals surface area contributed by atoms with Gasteiger partial charge in [0.05, 0.1) is 23.4 Å². The van der Waals surface area contributed by atoms with Crippen molar-refractivity contribution in [2.75, 3.05) is 26.2 Å². The van der Waals surface area contributed by atoms with Gasteiger partial charge in [-0.05, 0) is 18.2 Å². The maximum Gasteiger partial charge on any atom is 0.417 e. The van der Waals surface area contributed by atoms with Crippen molar-refractivity contribution in [3.8, 4) is 0 Å². The largest absolute Gasteiger partial charge is 0.417 e. The molecule has 2 aromatic rings. The van der Waals surface area contributed by atoms with Gasteiger partial charge in [-0.2, -0.15) is 23.4 Å². The van der Waals surface area contributed by atoms with Crippen molar-refractivity contribution in [2.45, 2.75) is 19.1 Å². The molecule has 8 heteroatoms. The molecule has 1 N–H and O–H groups in total. The van der Waals surface area contributed by atoms with Gasteiger partial charge in [0.15, 0.2) is 5.78 Å². The fourth-order valence-electron chi connectivity index (χ4n) is 2.90. The fourth-order valence-corrected chi connectivity index (χ4v) is 2.90. The molecule has 0 unspecified atom stereocenters. The van der Waals surface area contributed by atoms with E-state index < -0.39 is 17.5 Å². The summed E-state index contributed by atoms with van der Waals surface area (Å²) in [5.74, 6) is -0.623. The molecular formula is C18H19F3N4O. The summed E-state index contributed by atoms with van der Waals surface area (Å²) in [5, 5.41) is 11.4. The SMILES string of the molecule is O=C(Cc1ccc(CN2CCNCC2)nn1)c1ccccc1C(F)(F)F. The maximum atomic E-state index is 13.0. The smallest absolute Gasteiger partial charge is 0.314 e. The summed E-state index contributed by atoms with van der Waals surface area (Å²) < 4.78 is 39.1. The molecule has 0 aliphatic carbocycles. The van der Waals surface area contributed by atoms with E-state index in [4.69, 9.17) is 0 Å². The second kappa shape index (κ2) is 7.92. The normalized spacial score (nSPS) is 15.8. The Morgan fingerprint density at radius 2 is 1.69 bits per heavy atom. The molecular weight excluding hydrogens is 345 g/mol. The first-order chi connectivity index (χ1) is 12.4. The van der Waals surface area contributed by atoms with Gasteiger partial charge in [0, 0.05) is 38.3 Å². The molecule has 1 aliphatic rings. The molecule has 0 atom stereocenters. The summed E-state index contributed by atoms with van der Waals surface area (Å²) in [6.07, 6.45) is -4.78. The van der Waals surface area contributed by atoms with E-state index in [1.54, 1.807) is 12.1 Å². The standard InChI is InChI=1S/C18H19F3N4O/c19-18(20,21)16-4-2-1-3-15(16)17(26)11-13-5-6-14(24-23-13)12-25-9-7-22-8-10-25/h1-6,22H,7-12H2. The van der Waals surface area contributed by atoms with Crippen molar-refractivity contribution in [1.82, 2.24) is 20.4 Å². The number of alkyl halides is 3. The van der Waals surface area contributed by atoms with Crippen LogP contribution in [0.4, 0.5) is 13.2 Å². The van der Waals surface area contributed by atoms with Gasteiger partial charge in [0.1, 0.15) is 0 Å². The molecule has 1 saturated heterocycles. The van der Waals surface area contributed by atoms with Crippen LogP contribution in [-0.4, -0.2) is 47.1 Å². The van der Waals surface area contributed by atoms with Crippen LogP contribution in [0.3, 0.4) is 0 Å². The molecule has 138 valence electrons. The Hall–Kier alpha value is -2.32. The number of ketones is 1. The molecule has 0 spiro atoms. The van der Waals surface area contributed by atoms with Crippen molar-refractivity contribution >= 4 is 5.78 Å². The molecule has 1 aromatic carbocycles.